The van der Waals surface area contributed by atoms with Gasteiger partial charge in [-0.15, -0.1) is 0 Å². The average molecular weight is 431 g/mol. The SMILES string of the molecule is O=[S@](c1nc2ccccc2[n-]1)[C@@H]1CCCCc2c(OCC(F)(F)F)ccnc21.[Na+]. The fourth-order valence-electron chi connectivity index (χ4n) is 3.39. The molecule has 0 saturated heterocycles. The molecule has 1 aromatic carbocycles. The van der Waals surface area contributed by atoms with Gasteiger partial charge in [-0.05, 0) is 36.4 Å². The van der Waals surface area contributed by atoms with Gasteiger partial charge in [-0.3, -0.25) is 9.19 Å². The number of para-hydroxylation sites is 2. The number of ether oxygens (including phenoxy) is 1. The molecule has 1 aliphatic rings. The van der Waals surface area contributed by atoms with E-state index in [4.69, 9.17) is 4.74 Å². The first-order chi connectivity index (χ1) is 13.4. The van der Waals surface area contributed by atoms with Gasteiger partial charge >= 0.3 is 35.7 Å². The normalized spacial score (nSPS) is 17.8. The van der Waals surface area contributed by atoms with Crippen molar-refractivity contribution >= 4 is 21.8 Å². The largest absolute Gasteiger partial charge is 1.00 e. The molecular weight excluding hydrogens is 414 g/mol. The van der Waals surface area contributed by atoms with Gasteiger partial charge in [-0.2, -0.15) is 13.2 Å². The molecule has 0 aliphatic heterocycles. The van der Waals surface area contributed by atoms with E-state index in [1.807, 2.05) is 12.1 Å². The van der Waals surface area contributed by atoms with Crippen molar-refractivity contribution in [1.29, 1.82) is 0 Å². The van der Waals surface area contributed by atoms with Crippen molar-refractivity contribution in [2.75, 3.05) is 6.61 Å². The van der Waals surface area contributed by atoms with Crippen molar-refractivity contribution < 1.29 is 51.7 Å². The van der Waals surface area contributed by atoms with Crippen LogP contribution in [0, 0.1) is 0 Å². The quantitative estimate of drug-likeness (QED) is 0.458. The summed E-state index contributed by atoms with van der Waals surface area (Å²) < 4.78 is 56.0. The van der Waals surface area contributed by atoms with E-state index in [9.17, 15) is 17.4 Å². The summed E-state index contributed by atoms with van der Waals surface area (Å²) in [6, 6.07) is 8.69. The van der Waals surface area contributed by atoms with Crippen molar-refractivity contribution in [2.45, 2.75) is 42.3 Å². The third-order valence-electron chi connectivity index (χ3n) is 4.64. The molecule has 0 saturated carbocycles. The molecule has 0 radical (unpaired) electrons. The summed E-state index contributed by atoms with van der Waals surface area (Å²) in [4.78, 5) is 13.1. The zero-order chi connectivity index (χ0) is 19.7. The summed E-state index contributed by atoms with van der Waals surface area (Å²) in [7, 11) is -1.57. The molecule has 0 spiro atoms. The van der Waals surface area contributed by atoms with E-state index in [2.05, 4.69) is 15.0 Å². The van der Waals surface area contributed by atoms with Gasteiger partial charge < -0.3 is 14.7 Å². The van der Waals surface area contributed by atoms with E-state index in [0.29, 0.717) is 35.1 Å². The summed E-state index contributed by atoms with van der Waals surface area (Å²) in [6.07, 6.45) is -0.340. The molecule has 29 heavy (non-hydrogen) atoms. The Morgan fingerprint density at radius 1 is 1.21 bits per heavy atom. The molecule has 0 fully saturated rings. The Labute approximate surface area is 190 Å². The summed E-state index contributed by atoms with van der Waals surface area (Å²) in [6.45, 7) is -1.37. The molecule has 2 atom stereocenters. The molecule has 10 heteroatoms. The minimum Gasteiger partial charge on any atom is -0.484 e. The zero-order valence-corrected chi connectivity index (χ0v) is 18.6. The van der Waals surface area contributed by atoms with Crippen LogP contribution < -0.4 is 39.3 Å². The molecule has 0 N–H and O–H groups in total. The van der Waals surface area contributed by atoms with Crippen LogP contribution in [0.2, 0.25) is 0 Å². The molecule has 0 unspecified atom stereocenters. The number of hydrogen-bond acceptors (Lipinski definition) is 4. The number of rotatable bonds is 4. The van der Waals surface area contributed by atoms with E-state index < -0.39 is 28.8 Å². The molecule has 3 aromatic rings. The minimum absolute atomic E-state index is 0. The first-order valence-corrected chi connectivity index (χ1v) is 10.1. The van der Waals surface area contributed by atoms with Crippen LogP contribution in [0.15, 0.2) is 41.7 Å². The number of aromatic nitrogens is 3. The number of pyridine rings is 1. The Hall–Kier alpha value is -1.42. The van der Waals surface area contributed by atoms with Gasteiger partial charge in [0.25, 0.3) is 0 Å². The second-order valence-electron chi connectivity index (χ2n) is 6.60. The van der Waals surface area contributed by atoms with Gasteiger partial charge in [0.05, 0.1) is 21.7 Å². The standard InChI is InChI=1S/C19H17F3N3O2S.Na/c20-19(21,22)11-27-15-9-10-23-17-12(15)5-1-4-8-16(17)28(26)18-24-13-6-2-3-7-14(13)25-18;/h2-3,6-7,9-10,16H,1,4-5,8,11H2;/q-1;+1/t16-,28+;/m1./s1. The molecule has 2 aromatic heterocycles. The topological polar surface area (TPSA) is 66.2 Å². The van der Waals surface area contributed by atoms with Crippen molar-refractivity contribution in [3.05, 3.63) is 47.8 Å². The van der Waals surface area contributed by atoms with Crippen LogP contribution >= 0.6 is 0 Å². The first kappa shape index (κ1) is 22.3. The summed E-state index contributed by atoms with van der Waals surface area (Å²) in [5.41, 5.74) is 2.44. The fourth-order valence-corrected chi connectivity index (χ4v) is 4.81. The molecular formula is C19H17F3N3NaO2S. The maximum atomic E-state index is 13.2. The summed E-state index contributed by atoms with van der Waals surface area (Å²) >= 11 is 0. The Morgan fingerprint density at radius 2 is 2.00 bits per heavy atom. The second kappa shape index (κ2) is 9.16. The van der Waals surface area contributed by atoms with Gasteiger partial charge in [0.15, 0.2) is 6.61 Å². The summed E-state index contributed by atoms with van der Waals surface area (Å²) in [5, 5.41) is -0.258. The van der Waals surface area contributed by atoms with Crippen molar-refractivity contribution in [3.8, 4) is 5.75 Å². The van der Waals surface area contributed by atoms with Crippen molar-refractivity contribution in [1.82, 2.24) is 15.0 Å². The number of nitrogens with zero attached hydrogens (tertiary/aromatic N) is 3. The van der Waals surface area contributed by atoms with E-state index in [0.717, 1.165) is 12.8 Å². The second-order valence-corrected chi connectivity index (χ2v) is 8.13. The number of halogens is 3. The number of alkyl halides is 3. The average Bonchev–Trinajstić information content (AvgIpc) is 2.98. The molecule has 0 bridgehead atoms. The van der Waals surface area contributed by atoms with Crippen molar-refractivity contribution in [2.24, 2.45) is 0 Å². The van der Waals surface area contributed by atoms with Crippen LogP contribution in [-0.4, -0.2) is 27.0 Å². The number of imidazole rings is 1. The van der Waals surface area contributed by atoms with Crippen molar-refractivity contribution in [3.63, 3.8) is 0 Å². The van der Waals surface area contributed by atoms with Crippen LogP contribution in [0.25, 0.3) is 11.0 Å². The third-order valence-corrected chi connectivity index (χ3v) is 6.16. The minimum atomic E-state index is -4.42. The number of fused-ring (bicyclic) bond motifs is 2. The Morgan fingerprint density at radius 3 is 2.76 bits per heavy atom. The molecule has 2 heterocycles. The predicted octanol–water partition coefficient (Wildman–Crippen LogP) is 1.11. The Kier molecular flexibility index (Phi) is 7.03. The molecule has 1 aliphatic carbocycles. The van der Waals surface area contributed by atoms with Crippen LogP contribution in [0.3, 0.4) is 0 Å². The van der Waals surface area contributed by atoms with E-state index in [1.165, 1.54) is 12.3 Å². The predicted molar refractivity (Wildman–Crippen MR) is 97.6 cm³/mol. The zero-order valence-electron chi connectivity index (χ0n) is 15.8. The van der Waals surface area contributed by atoms with Gasteiger partial charge in [-0.1, -0.05) is 30.7 Å². The molecule has 5 nitrogen and oxygen atoms in total. The van der Waals surface area contributed by atoms with Gasteiger partial charge in [0.2, 0.25) is 0 Å². The molecule has 0 amide bonds. The van der Waals surface area contributed by atoms with E-state index in [1.54, 1.807) is 12.1 Å². The Balaban J connectivity index is 0.00000240. The van der Waals surface area contributed by atoms with E-state index in [-0.39, 0.29) is 40.5 Å². The van der Waals surface area contributed by atoms with Gasteiger partial charge in [0, 0.05) is 16.9 Å². The monoisotopic (exact) mass is 431 g/mol. The van der Waals surface area contributed by atoms with Crippen LogP contribution in [0.1, 0.15) is 35.8 Å². The maximum Gasteiger partial charge on any atom is 1.00 e. The number of hydrogen-bond donors (Lipinski definition) is 0. The van der Waals surface area contributed by atoms with Crippen LogP contribution in [-0.2, 0) is 17.2 Å². The summed E-state index contributed by atoms with van der Waals surface area (Å²) in [5.74, 6) is 0.153. The van der Waals surface area contributed by atoms with Crippen LogP contribution in [0.5, 0.6) is 5.75 Å². The van der Waals surface area contributed by atoms with E-state index >= 15 is 0 Å². The van der Waals surface area contributed by atoms with Crippen LogP contribution in [0.4, 0.5) is 13.2 Å². The number of benzene rings is 1. The van der Waals surface area contributed by atoms with Gasteiger partial charge in [0.1, 0.15) is 5.75 Å². The fraction of sp³-hybridized carbons (Fsp3) is 0.368. The molecule has 148 valence electrons. The smallest absolute Gasteiger partial charge is 0.484 e. The maximum absolute atomic E-state index is 13.2. The first-order valence-electron chi connectivity index (χ1n) is 8.90. The third kappa shape index (κ3) is 5.02. The Bertz CT molecular complexity index is 992. The van der Waals surface area contributed by atoms with Gasteiger partial charge in [-0.25, -0.2) is 0 Å². The molecule has 4 rings (SSSR count).